The fraction of sp³-hybridized carbons (Fsp3) is 0.133. The second-order valence-electron chi connectivity index (χ2n) is 4.58. The zero-order chi connectivity index (χ0) is 14.8. The minimum Gasteiger partial charge on any atom is -0.497 e. The van der Waals surface area contributed by atoms with Gasteiger partial charge in [-0.1, -0.05) is 0 Å². The van der Waals surface area contributed by atoms with Crippen LogP contribution in [0.5, 0.6) is 11.5 Å². The van der Waals surface area contributed by atoms with Gasteiger partial charge in [-0.05, 0) is 42.5 Å². The summed E-state index contributed by atoms with van der Waals surface area (Å²) in [5.74, 6) is 1.43. The number of nitrogens with zero attached hydrogens (tertiary/aromatic N) is 1. The van der Waals surface area contributed by atoms with E-state index < -0.39 is 7.12 Å². The van der Waals surface area contributed by atoms with Crippen LogP contribution in [-0.2, 0) is 4.76 Å². The van der Waals surface area contributed by atoms with Crippen molar-refractivity contribution in [2.24, 2.45) is 5.16 Å². The summed E-state index contributed by atoms with van der Waals surface area (Å²) >= 11 is 0. The Bertz CT molecular complexity index is 685. The van der Waals surface area contributed by atoms with Gasteiger partial charge in [0.15, 0.2) is 0 Å². The summed E-state index contributed by atoms with van der Waals surface area (Å²) in [7, 11) is 2.11. The number of hydrogen-bond donors (Lipinski definition) is 1. The maximum Gasteiger partial charge on any atom is 0.583 e. The number of benzene rings is 2. The number of oxime groups is 1. The molecule has 0 aromatic heterocycles. The van der Waals surface area contributed by atoms with E-state index in [1.165, 1.54) is 0 Å². The monoisotopic (exact) mass is 283 g/mol. The molecule has 3 rings (SSSR count). The lowest BCUT2D eigenvalue weighted by Crippen LogP contribution is -2.40. The van der Waals surface area contributed by atoms with Gasteiger partial charge in [-0.15, -0.1) is 5.16 Å². The third kappa shape index (κ3) is 2.45. The van der Waals surface area contributed by atoms with Gasteiger partial charge < -0.3 is 19.3 Å². The largest absolute Gasteiger partial charge is 0.583 e. The lowest BCUT2D eigenvalue weighted by atomic mass is 9.74. The zero-order valence-corrected chi connectivity index (χ0v) is 11.7. The zero-order valence-electron chi connectivity index (χ0n) is 11.7. The van der Waals surface area contributed by atoms with E-state index in [0.29, 0.717) is 16.9 Å². The van der Waals surface area contributed by atoms with Crippen LogP contribution >= 0.6 is 0 Å². The van der Waals surface area contributed by atoms with Gasteiger partial charge in [0, 0.05) is 16.6 Å². The van der Waals surface area contributed by atoms with Crippen molar-refractivity contribution in [1.82, 2.24) is 0 Å². The van der Waals surface area contributed by atoms with Gasteiger partial charge in [0.2, 0.25) is 0 Å². The summed E-state index contributed by atoms with van der Waals surface area (Å²) < 4.78 is 15.4. The number of methoxy groups -OCH3 is 2. The van der Waals surface area contributed by atoms with Crippen molar-refractivity contribution in [2.45, 2.75) is 0 Å². The third-order valence-electron chi connectivity index (χ3n) is 3.39. The highest BCUT2D eigenvalue weighted by Crippen LogP contribution is 2.20. The van der Waals surface area contributed by atoms with Crippen molar-refractivity contribution < 1.29 is 19.3 Å². The molecule has 1 aliphatic rings. The molecule has 0 saturated carbocycles. The molecule has 5 nitrogen and oxygen atoms in total. The van der Waals surface area contributed by atoms with Gasteiger partial charge in [0.05, 0.1) is 14.2 Å². The first-order valence-corrected chi connectivity index (χ1v) is 6.47. The van der Waals surface area contributed by atoms with Crippen molar-refractivity contribution >= 4 is 18.3 Å². The molecule has 2 aromatic carbocycles. The summed E-state index contributed by atoms with van der Waals surface area (Å²) in [4.78, 5) is 0. The minimum atomic E-state index is -1.09. The molecule has 0 amide bonds. The van der Waals surface area contributed by atoms with Gasteiger partial charge in [-0.2, -0.15) is 0 Å². The van der Waals surface area contributed by atoms with E-state index >= 15 is 0 Å². The van der Waals surface area contributed by atoms with Crippen molar-refractivity contribution in [3.8, 4) is 11.5 Å². The predicted octanol–water partition coefficient (Wildman–Crippen LogP) is 1.17. The molecule has 0 fully saturated rings. The average molecular weight is 283 g/mol. The highest BCUT2D eigenvalue weighted by Gasteiger charge is 2.30. The van der Waals surface area contributed by atoms with E-state index in [-0.39, 0.29) is 0 Å². The highest BCUT2D eigenvalue weighted by atomic mass is 16.6. The molecule has 0 unspecified atom stereocenters. The summed E-state index contributed by atoms with van der Waals surface area (Å²) in [6, 6.07) is 12.9. The normalized spacial score (nSPS) is 13.1. The first kappa shape index (κ1) is 13.5. The van der Waals surface area contributed by atoms with Crippen molar-refractivity contribution in [3.63, 3.8) is 0 Å². The van der Waals surface area contributed by atoms with E-state index in [1.807, 2.05) is 36.4 Å². The molecule has 2 aromatic rings. The van der Waals surface area contributed by atoms with E-state index in [4.69, 9.17) is 14.2 Å². The summed E-state index contributed by atoms with van der Waals surface area (Å²) in [5, 5.41) is 13.9. The number of fused-ring (bicyclic) bond motifs is 1. The minimum absolute atomic E-state index is 0.634. The van der Waals surface area contributed by atoms with Gasteiger partial charge in [-0.25, -0.2) is 0 Å². The Balaban J connectivity index is 2.04. The molecule has 0 saturated heterocycles. The smallest absolute Gasteiger partial charge is 0.497 e. The van der Waals surface area contributed by atoms with Crippen molar-refractivity contribution in [2.75, 3.05) is 14.2 Å². The Morgan fingerprint density at radius 2 is 1.67 bits per heavy atom. The van der Waals surface area contributed by atoms with Gasteiger partial charge in [-0.3, -0.25) is 0 Å². The number of rotatable bonds is 3. The molecule has 0 bridgehead atoms. The molecule has 0 atom stereocenters. The van der Waals surface area contributed by atoms with Crippen LogP contribution in [0.2, 0.25) is 0 Å². The Hall–Kier alpha value is -2.47. The second-order valence-corrected chi connectivity index (χ2v) is 4.58. The van der Waals surface area contributed by atoms with Gasteiger partial charge in [0.1, 0.15) is 17.2 Å². The van der Waals surface area contributed by atoms with Gasteiger partial charge in [0.25, 0.3) is 0 Å². The van der Waals surface area contributed by atoms with Crippen LogP contribution in [-0.4, -0.2) is 32.1 Å². The lowest BCUT2D eigenvalue weighted by Gasteiger charge is -2.19. The van der Waals surface area contributed by atoms with Crippen LogP contribution in [0.1, 0.15) is 11.1 Å². The van der Waals surface area contributed by atoms with E-state index in [9.17, 15) is 5.02 Å². The quantitative estimate of drug-likeness (QED) is 0.859. The topological polar surface area (TPSA) is 60.3 Å². The first-order chi connectivity index (χ1) is 10.2. The van der Waals surface area contributed by atoms with E-state index in [1.54, 1.807) is 20.3 Å². The maximum absolute atomic E-state index is 9.92. The van der Waals surface area contributed by atoms with Crippen LogP contribution in [0.3, 0.4) is 0 Å². The van der Waals surface area contributed by atoms with Crippen LogP contribution in [0.25, 0.3) is 0 Å². The highest BCUT2D eigenvalue weighted by molar-refractivity contribution is 6.63. The Morgan fingerprint density at radius 3 is 2.33 bits per heavy atom. The van der Waals surface area contributed by atoms with E-state index in [0.717, 1.165) is 16.9 Å². The molecule has 0 aliphatic carbocycles. The molecule has 0 spiro atoms. The number of hydrogen-bond acceptors (Lipinski definition) is 5. The van der Waals surface area contributed by atoms with Crippen LogP contribution in [0, 0.1) is 0 Å². The second kappa shape index (κ2) is 5.50. The van der Waals surface area contributed by atoms with Crippen LogP contribution in [0.15, 0.2) is 47.6 Å². The molecule has 1 heterocycles. The fourth-order valence-electron chi connectivity index (χ4n) is 2.25. The molecule has 1 aliphatic heterocycles. The summed E-state index contributed by atoms with van der Waals surface area (Å²) in [5.41, 5.74) is 3.00. The van der Waals surface area contributed by atoms with Crippen molar-refractivity contribution in [3.05, 3.63) is 53.6 Å². The first-order valence-electron chi connectivity index (χ1n) is 6.47. The summed E-state index contributed by atoms with van der Waals surface area (Å²) in [6.07, 6.45) is 0. The number of ether oxygens (including phenoxy) is 2. The molecular formula is C15H14BNO4. The van der Waals surface area contributed by atoms with Crippen LogP contribution < -0.4 is 14.9 Å². The predicted molar refractivity (Wildman–Crippen MR) is 80.3 cm³/mol. The van der Waals surface area contributed by atoms with E-state index in [2.05, 4.69) is 5.16 Å². The molecule has 6 heteroatoms. The lowest BCUT2D eigenvalue weighted by molar-refractivity contribution is 0.284. The molecular weight excluding hydrogens is 269 g/mol. The molecule has 106 valence electrons. The Kier molecular flexibility index (Phi) is 3.54. The molecule has 0 radical (unpaired) electrons. The third-order valence-corrected chi connectivity index (χ3v) is 3.39. The van der Waals surface area contributed by atoms with Crippen molar-refractivity contribution in [1.29, 1.82) is 0 Å². The Labute approximate surface area is 122 Å². The summed E-state index contributed by atoms with van der Waals surface area (Å²) in [6.45, 7) is 0. The molecule has 1 N–H and O–H groups in total. The average Bonchev–Trinajstić information content (AvgIpc) is 2.55. The Morgan fingerprint density at radius 1 is 1.00 bits per heavy atom. The maximum atomic E-state index is 9.92. The van der Waals surface area contributed by atoms with Crippen LogP contribution in [0.4, 0.5) is 0 Å². The molecule has 21 heavy (non-hydrogen) atoms. The SMILES string of the molecule is COc1ccc(C2=NOB(O)c3cc(OC)ccc32)cc1. The fourth-order valence-corrected chi connectivity index (χ4v) is 2.25. The standard InChI is InChI=1S/C15H14BNO4/c1-19-11-5-3-10(4-6-11)15-13-8-7-12(20-2)9-14(13)16(18)21-17-15/h3-9,18H,1-2H3. The van der Waals surface area contributed by atoms with Gasteiger partial charge >= 0.3 is 7.12 Å².